The summed E-state index contributed by atoms with van der Waals surface area (Å²) >= 11 is 0. The normalized spacial score (nSPS) is 33.8. The van der Waals surface area contributed by atoms with Gasteiger partial charge in [0.15, 0.2) is 11.3 Å². The van der Waals surface area contributed by atoms with Crippen molar-refractivity contribution in [2.75, 3.05) is 14.1 Å². The molecule has 7 heteroatoms. The van der Waals surface area contributed by atoms with Crippen molar-refractivity contribution in [3.63, 3.8) is 0 Å². The third-order valence-electron chi connectivity index (χ3n) is 4.52. The van der Waals surface area contributed by atoms with E-state index in [9.17, 15) is 14.4 Å². The van der Waals surface area contributed by atoms with Gasteiger partial charge in [-0.05, 0) is 20.3 Å². The van der Waals surface area contributed by atoms with E-state index in [-0.39, 0.29) is 24.4 Å². The molecule has 7 nitrogen and oxygen atoms in total. The molecule has 2 aliphatic heterocycles. The molecule has 5 amide bonds. The molecule has 2 saturated heterocycles. The molecule has 0 aliphatic carbocycles. The van der Waals surface area contributed by atoms with Crippen molar-refractivity contribution in [2.24, 2.45) is 0 Å². The lowest BCUT2D eigenvalue weighted by molar-refractivity contribution is -0.133. The van der Waals surface area contributed by atoms with Crippen LogP contribution in [0.15, 0.2) is 0 Å². The molecule has 0 radical (unpaired) electrons. The maximum Gasteiger partial charge on any atom is 0.330 e. The van der Waals surface area contributed by atoms with Gasteiger partial charge in [0.05, 0.1) is 0 Å². The number of amides is 5. The molecule has 2 fully saturated rings. The molecule has 0 bridgehead atoms. The molecule has 2 atom stereocenters. The van der Waals surface area contributed by atoms with Crippen LogP contribution in [0.4, 0.5) is 9.59 Å². The van der Waals surface area contributed by atoms with Gasteiger partial charge in [-0.1, -0.05) is 6.92 Å². The number of nitrogens with zero attached hydrogens (tertiary/aromatic N) is 3. The Morgan fingerprint density at radius 2 is 1.79 bits per heavy atom. The maximum atomic E-state index is 12.4. The number of rotatable bonds is 2. The lowest BCUT2D eigenvalue weighted by Crippen LogP contribution is -2.64. The summed E-state index contributed by atoms with van der Waals surface area (Å²) in [5.41, 5.74) is -1.93. The molecule has 0 unspecified atom stereocenters. The number of carbonyl (C=O) groups excluding carboxylic acids is 3. The van der Waals surface area contributed by atoms with Gasteiger partial charge in [0.25, 0.3) is 0 Å². The fraction of sp³-hybridized carbons (Fsp3) is 0.750. The number of hydrogen-bond donors (Lipinski definition) is 1. The minimum atomic E-state index is -1.04. The van der Waals surface area contributed by atoms with Gasteiger partial charge in [-0.25, -0.2) is 14.5 Å². The molecular weight excluding hydrogens is 248 g/mol. The molecule has 19 heavy (non-hydrogen) atoms. The van der Waals surface area contributed by atoms with E-state index in [1.165, 1.54) is 14.7 Å². The Bertz CT molecular complexity index is 466. The van der Waals surface area contributed by atoms with Crippen LogP contribution in [0.25, 0.3) is 0 Å². The number of carbonyl (C=O) groups is 3. The molecule has 0 spiro atoms. The van der Waals surface area contributed by atoms with Crippen LogP contribution in [-0.2, 0) is 4.79 Å². The Morgan fingerprint density at radius 1 is 1.21 bits per heavy atom. The summed E-state index contributed by atoms with van der Waals surface area (Å²) in [6, 6.07) is -0.672. The Kier molecular flexibility index (Phi) is 2.76. The van der Waals surface area contributed by atoms with Crippen LogP contribution in [0.2, 0.25) is 0 Å². The van der Waals surface area contributed by atoms with E-state index in [1.54, 1.807) is 27.9 Å². The van der Waals surface area contributed by atoms with Gasteiger partial charge >= 0.3 is 12.1 Å². The molecule has 2 aliphatic rings. The van der Waals surface area contributed by atoms with Crippen LogP contribution < -0.4 is 5.32 Å². The fourth-order valence-corrected chi connectivity index (χ4v) is 2.96. The second-order valence-corrected chi connectivity index (χ2v) is 5.40. The number of nitrogens with one attached hydrogen (secondary N) is 1. The first-order chi connectivity index (χ1) is 8.71. The fourth-order valence-electron chi connectivity index (χ4n) is 2.96. The first kappa shape index (κ1) is 13.6. The van der Waals surface area contributed by atoms with Crippen molar-refractivity contribution in [1.29, 1.82) is 0 Å². The second kappa shape index (κ2) is 3.85. The van der Waals surface area contributed by atoms with E-state index in [0.717, 1.165) is 0 Å². The maximum absolute atomic E-state index is 12.4. The summed E-state index contributed by atoms with van der Waals surface area (Å²) in [5, 5.41) is 2.76. The van der Waals surface area contributed by atoms with Gasteiger partial charge in [0.1, 0.15) is 0 Å². The predicted octanol–water partition coefficient (Wildman–Crippen LogP) is 0.768. The van der Waals surface area contributed by atoms with Crippen molar-refractivity contribution >= 4 is 18.0 Å². The number of fused-ring (bicyclic) bond motifs is 1. The van der Waals surface area contributed by atoms with Crippen molar-refractivity contribution in [1.82, 2.24) is 20.0 Å². The van der Waals surface area contributed by atoms with Crippen molar-refractivity contribution in [3.8, 4) is 0 Å². The molecule has 0 aromatic carbocycles. The zero-order valence-corrected chi connectivity index (χ0v) is 12.0. The van der Waals surface area contributed by atoms with Gasteiger partial charge in [-0.15, -0.1) is 0 Å². The lowest BCUT2D eigenvalue weighted by atomic mass is 9.96. The molecule has 1 N–H and O–H groups in total. The van der Waals surface area contributed by atoms with E-state index in [0.29, 0.717) is 6.42 Å². The summed E-state index contributed by atoms with van der Waals surface area (Å²) < 4.78 is 0. The Hall–Kier alpha value is -1.79. The minimum absolute atomic E-state index is 0.263. The van der Waals surface area contributed by atoms with Crippen LogP contribution in [0.1, 0.15) is 33.6 Å². The monoisotopic (exact) mass is 268 g/mol. The largest absolute Gasteiger partial charge is 0.330 e. The summed E-state index contributed by atoms with van der Waals surface area (Å²) in [4.78, 5) is 40.6. The Labute approximate surface area is 112 Å². The molecule has 2 heterocycles. The first-order valence-corrected chi connectivity index (χ1v) is 6.38. The van der Waals surface area contributed by atoms with E-state index >= 15 is 0 Å². The topological polar surface area (TPSA) is 73.0 Å². The van der Waals surface area contributed by atoms with Crippen molar-refractivity contribution < 1.29 is 14.4 Å². The van der Waals surface area contributed by atoms with Crippen LogP contribution in [-0.4, -0.2) is 58.1 Å². The minimum Gasteiger partial charge on any atom is -0.311 e. The summed E-state index contributed by atoms with van der Waals surface area (Å²) in [5.74, 6) is -0.263. The number of hydrogen-bond acceptors (Lipinski definition) is 3. The number of likely N-dealkylation sites (N-methyl/N-ethyl adjacent to an activating group) is 2. The predicted molar refractivity (Wildman–Crippen MR) is 68.0 cm³/mol. The average Bonchev–Trinajstić information content (AvgIpc) is 2.59. The highest BCUT2D eigenvalue weighted by atomic mass is 16.2. The zero-order chi connectivity index (χ0) is 14.6. The van der Waals surface area contributed by atoms with Crippen LogP contribution in [0.3, 0.4) is 0 Å². The molecule has 2 rings (SSSR count). The van der Waals surface area contributed by atoms with Crippen molar-refractivity contribution in [3.05, 3.63) is 0 Å². The van der Waals surface area contributed by atoms with E-state index in [2.05, 4.69) is 5.32 Å². The van der Waals surface area contributed by atoms with Crippen molar-refractivity contribution in [2.45, 2.75) is 44.9 Å². The van der Waals surface area contributed by atoms with Gasteiger partial charge in [-0.2, -0.15) is 0 Å². The summed E-state index contributed by atoms with van der Waals surface area (Å²) in [6.45, 7) is 5.37. The SMILES string of the molecule is CCCC(=O)N1C(=O)N(C)[C@]2(C)N(C)C(=O)N[C@]12C. The van der Waals surface area contributed by atoms with E-state index in [1.807, 2.05) is 6.92 Å². The number of urea groups is 2. The lowest BCUT2D eigenvalue weighted by Gasteiger charge is -2.40. The third kappa shape index (κ3) is 1.35. The zero-order valence-electron chi connectivity index (χ0n) is 12.0. The van der Waals surface area contributed by atoms with E-state index < -0.39 is 11.3 Å². The van der Waals surface area contributed by atoms with Crippen LogP contribution >= 0.6 is 0 Å². The molecule has 0 aromatic rings. The molecule has 0 aromatic heterocycles. The highest BCUT2D eigenvalue weighted by Crippen LogP contribution is 2.44. The van der Waals surface area contributed by atoms with Crippen LogP contribution in [0.5, 0.6) is 0 Å². The smallest absolute Gasteiger partial charge is 0.311 e. The highest BCUT2D eigenvalue weighted by molar-refractivity contribution is 6.00. The van der Waals surface area contributed by atoms with Gasteiger partial charge < -0.3 is 15.1 Å². The Morgan fingerprint density at radius 3 is 2.32 bits per heavy atom. The third-order valence-corrected chi connectivity index (χ3v) is 4.52. The van der Waals surface area contributed by atoms with Crippen LogP contribution in [0, 0.1) is 0 Å². The molecule has 0 saturated carbocycles. The summed E-state index contributed by atoms with van der Waals surface area (Å²) in [7, 11) is 3.23. The summed E-state index contributed by atoms with van der Waals surface area (Å²) in [6.07, 6.45) is 0.938. The van der Waals surface area contributed by atoms with Gasteiger partial charge in [0.2, 0.25) is 5.91 Å². The molecular formula is C12H20N4O3. The molecule has 106 valence electrons. The van der Waals surface area contributed by atoms with Gasteiger partial charge in [0, 0.05) is 20.5 Å². The quantitative estimate of drug-likeness (QED) is 0.804. The van der Waals surface area contributed by atoms with E-state index in [4.69, 9.17) is 0 Å². The van der Waals surface area contributed by atoms with Gasteiger partial charge in [-0.3, -0.25) is 4.79 Å². The average molecular weight is 268 g/mol. The first-order valence-electron chi connectivity index (χ1n) is 6.38. The Balaban J connectivity index is 2.51. The highest BCUT2D eigenvalue weighted by Gasteiger charge is 2.70. The standard InChI is InChI=1S/C12H20N4O3/c1-6-7-8(17)16-10(19)15(5)12(3)11(16,2)13-9(18)14(12)4/h6-7H2,1-5H3,(H,13,18)/t11-,12+/m1/s1. The second-order valence-electron chi connectivity index (χ2n) is 5.40. The number of imide groups is 1.